The van der Waals surface area contributed by atoms with Crippen LogP contribution in [0.5, 0.6) is 11.5 Å². The Hall–Kier alpha value is -2.53. The smallest absolute Gasteiger partial charge is 0.162 e. The van der Waals surface area contributed by atoms with Crippen molar-refractivity contribution >= 4 is 27.5 Å². The fourth-order valence-corrected chi connectivity index (χ4v) is 3.55. The number of ether oxygens (including phenoxy) is 2. The van der Waals surface area contributed by atoms with Gasteiger partial charge in [0.15, 0.2) is 11.5 Å². The van der Waals surface area contributed by atoms with Crippen LogP contribution in [0.4, 0.5) is 5.69 Å². The summed E-state index contributed by atoms with van der Waals surface area (Å²) in [5.74, 6) is 1.42. The van der Waals surface area contributed by atoms with Gasteiger partial charge in [-0.1, -0.05) is 18.2 Å². The number of pyridine rings is 1. The van der Waals surface area contributed by atoms with Crippen LogP contribution in [-0.2, 0) is 0 Å². The Morgan fingerprint density at radius 2 is 1.84 bits per heavy atom. The fourth-order valence-electron chi connectivity index (χ4n) is 3.55. The average molecular weight is 337 g/mol. The Balaban J connectivity index is 1.93. The number of nitrogens with zero attached hydrogens (tertiary/aromatic N) is 1. The van der Waals surface area contributed by atoms with Crippen LogP contribution < -0.4 is 20.1 Å². The summed E-state index contributed by atoms with van der Waals surface area (Å²) >= 11 is 0. The summed E-state index contributed by atoms with van der Waals surface area (Å²) in [6.07, 6.45) is 2.36. The Morgan fingerprint density at radius 3 is 2.60 bits per heavy atom. The second-order valence-electron chi connectivity index (χ2n) is 6.42. The summed E-state index contributed by atoms with van der Waals surface area (Å²) in [7, 11) is 3.31. The lowest BCUT2D eigenvalue weighted by Crippen LogP contribution is -2.38. The molecule has 25 heavy (non-hydrogen) atoms. The van der Waals surface area contributed by atoms with Gasteiger partial charge in [0, 0.05) is 29.4 Å². The molecule has 0 radical (unpaired) electrons. The number of aromatic nitrogens is 1. The van der Waals surface area contributed by atoms with E-state index in [9.17, 15) is 0 Å². The molecule has 2 N–H and O–H groups in total. The van der Waals surface area contributed by atoms with Gasteiger partial charge in [0.05, 0.1) is 30.9 Å². The number of piperidine rings is 1. The summed E-state index contributed by atoms with van der Waals surface area (Å²) in [4.78, 5) is 4.82. The van der Waals surface area contributed by atoms with Gasteiger partial charge < -0.3 is 20.1 Å². The molecule has 1 aliphatic rings. The van der Waals surface area contributed by atoms with Gasteiger partial charge >= 0.3 is 0 Å². The normalized spacial score (nSPS) is 17.6. The average Bonchev–Trinajstić information content (AvgIpc) is 2.67. The summed E-state index contributed by atoms with van der Waals surface area (Å²) in [6, 6.07) is 12.6. The number of para-hydroxylation sites is 1. The Labute approximate surface area is 147 Å². The third-order valence-corrected chi connectivity index (χ3v) is 4.83. The predicted molar refractivity (Wildman–Crippen MR) is 102 cm³/mol. The summed E-state index contributed by atoms with van der Waals surface area (Å²) in [6.45, 7) is 2.08. The van der Waals surface area contributed by atoms with Crippen molar-refractivity contribution in [2.45, 2.75) is 18.9 Å². The van der Waals surface area contributed by atoms with Crippen molar-refractivity contribution in [1.82, 2.24) is 10.3 Å². The second-order valence-corrected chi connectivity index (χ2v) is 6.42. The van der Waals surface area contributed by atoms with E-state index < -0.39 is 0 Å². The van der Waals surface area contributed by atoms with Gasteiger partial charge in [-0.2, -0.15) is 0 Å². The molecular weight excluding hydrogens is 314 g/mol. The standard InChI is InChI=1S/C20H23N3O2/c1-24-18-10-15-17(11-19(18)25-2)23-16-8-4-3-7-14(16)20(15)22-13-6-5-9-21-12-13/h3-4,7-8,10-11,13,21H,5-6,9,12H2,1-2H3,(H,22,23)/t13-/m1/s1. The van der Waals surface area contributed by atoms with Gasteiger partial charge in [-0.25, -0.2) is 4.98 Å². The van der Waals surface area contributed by atoms with Crippen molar-refractivity contribution in [2.24, 2.45) is 0 Å². The van der Waals surface area contributed by atoms with Crippen molar-refractivity contribution < 1.29 is 9.47 Å². The largest absolute Gasteiger partial charge is 0.493 e. The summed E-state index contributed by atoms with van der Waals surface area (Å²) in [5.41, 5.74) is 3.01. The first kappa shape index (κ1) is 16.0. The number of fused-ring (bicyclic) bond motifs is 2. The van der Waals surface area contributed by atoms with Crippen LogP contribution >= 0.6 is 0 Å². The quantitative estimate of drug-likeness (QED) is 0.713. The van der Waals surface area contributed by atoms with Gasteiger partial charge in [0.2, 0.25) is 0 Å². The number of hydrogen-bond acceptors (Lipinski definition) is 5. The Bertz CT molecular complexity index is 904. The zero-order chi connectivity index (χ0) is 17.2. The lowest BCUT2D eigenvalue weighted by molar-refractivity contribution is 0.356. The van der Waals surface area contributed by atoms with E-state index in [0.29, 0.717) is 11.8 Å². The molecule has 1 atom stereocenters. The van der Waals surface area contributed by atoms with Crippen LogP contribution in [0, 0.1) is 0 Å². The number of nitrogens with one attached hydrogen (secondary N) is 2. The van der Waals surface area contributed by atoms with Crippen molar-refractivity contribution in [1.29, 1.82) is 0 Å². The van der Waals surface area contributed by atoms with E-state index in [1.54, 1.807) is 14.2 Å². The molecule has 0 aliphatic carbocycles. The Morgan fingerprint density at radius 1 is 1.04 bits per heavy atom. The van der Waals surface area contributed by atoms with Crippen molar-refractivity contribution in [3.05, 3.63) is 36.4 Å². The molecule has 0 bridgehead atoms. The highest BCUT2D eigenvalue weighted by Crippen LogP contribution is 2.38. The first-order chi connectivity index (χ1) is 12.3. The highest BCUT2D eigenvalue weighted by Gasteiger charge is 2.18. The minimum Gasteiger partial charge on any atom is -0.493 e. The lowest BCUT2D eigenvalue weighted by atomic mass is 10.0. The number of benzene rings is 2. The number of rotatable bonds is 4. The minimum atomic E-state index is 0.413. The van der Waals surface area contributed by atoms with Crippen LogP contribution in [0.1, 0.15) is 12.8 Å². The van der Waals surface area contributed by atoms with Gasteiger partial charge in [0.25, 0.3) is 0 Å². The molecule has 3 aromatic rings. The van der Waals surface area contributed by atoms with E-state index in [1.807, 2.05) is 18.2 Å². The number of anilines is 1. The van der Waals surface area contributed by atoms with E-state index in [0.717, 1.165) is 46.3 Å². The molecule has 0 amide bonds. The van der Waals surface area contributed by atoms with E-state index in [2.05, 4.69) is 28.8 Å². The van der Waals surface area contributed by atoms with Crippen LogP contribution in [0.3, 0.4) is 0 Å². The molecule has 1 aliphatic heterocycles. The molecule has 4 rings (SSSR count). The SMILES string of the molecule is COc1cc2nc3ccccc3c(N[C@@H]3CCCNC3)c2cc1OC. The van der Waals surface area contributed by atoms with Gasteiger partial charge in [-0.05, 0) is 31.5 Å². The van der Waals surface area contributed by atoms with E-state index in [4.69, 9.17) is 14.5 Å². The molecule has 1 aromatic heterocycles. The second kappa shape index (κ2) is 6.76. The van der Waals surface area contributed by atoms with E-state index in [1.165, 1.54) is 12.8 Å². The zero-order valence-electron chi connectivity index (χ0n) is 14.6. The number of hydrogen-bond donors (Lipinski definition) is 2. The molecule has 5 nitrogen and oxygen atoms in total. The molecule has 1 fully saturated rings. The molecule has 130 valence electrons. The third kappa shape index (κ3) is 2.96. The molecule has 0 unspecified atom stereocenters. The maximum Gasteiger partial charge on any atom is 0.162 e. The van der Waals surface area contributed by atoms with Crippen molar-refractivity contribution in [3.8, 4) is 11.5 Å². The summed E-state index contributed by atoms with van der Waals surface area (Å²) < 4.78 is 11.0. The maximum absolute atomic E-state index is 5.51. The highest BCUT2D eigenvalue weighted by atomic mass is 16.5. The monoisotopic (exact) mass is 337 g/mol. The molecule has 2 aromatic carbocycles. The highest BCUT2D eigenvalue weighted by molar-refractivity contribution is 6.08. The molecule has 1 saturated heterocycles. The molecule has 5 heteroatoms. The molecule has 2 heterocycles. The van der Waals surface area contributed by atoms with Gasteiger partial charge in [0.1, 0.15) is 0 Å². The van der Waals surface area contributed by atoms with Crippen molar-refractivity contribution in [2.75, 3.05) is 32.6 Å². The van der Waals surface area contributed by atoms with E-state index >= 15 is 0 Å². The molecular formula is C20H23N3O2. The first-order valence-corrected chi connectivity index (χ1v) is 8.72. The number of methoxy groups -OCH3 is 2. The molecule has 0 saturated carbocycles. The van der Waals surface area contributed by atoms with Crippen LogP contribution in [-0.4, -0.2) is 38.3 Å². The van der Waals surface area contributed by atoms with Crippen molar-refractivity contribution in [3.63, 3.8) is 0 Å². The van der Waals surface area contributed by atoms with Crippen LogP contribution in [0.15, 0.2) is 36.4 Å². The first-order valence-electron chi connectivity index (χ1n) is 8.72. The third-order valence-electron chi connectivity index (χ3n) is 4.83. The topological polar surface area (TPSA) is 55.4 Å². The lowest BCUT2D eigenvalue weighted by Gasteiger charge is -2.26. The van der Waals surface area contributed by atoms with Gasteiger partial charge in [-0.3, -0.25) is 0 Å². The minimum absolute atomic E-state index is 0.413. The van der Waals surface area contributed by atoms with Gasteiger partial charge in [-0.15, -0.1) is 0 Å². The summed E-state index contributed by atoms with van der Waals surface area (Å²) in [5, 5.41) is 9.42. The fraction of sp³-hybridized carbons (Fsp3) is 0.350. The Kier molecular flexibility index (Phi) is 4.32. The van der Waals surface area contributed by atoms with E-state index in [-0.39, 0.29) is 0 Å². The zero-order valence-corrected chi connectivity index (χ0v) is 14.6. The van der Waals surface area contributed by atoms with Crippen LogP contribution in [0.2, 0.25) is 0 Å². The van der Waals surface area contributed by atoms with Crippen LogP contribution in [0.25, 0.3) is 21.8 Å². The maximum atomic E-state index is 5.51. The predicted octanol–water partition coefficient (Wildman–Crippen LogP) is 3.57. The molecule has 0 spiro atoms.